The molecule has 2 atom stereocenters. The van der Waals surface area contributed by atoms with E-state index in [4.69, 9.17) is 17.0 Å². The molecule has 31 heavy (non-hydrogen) atoms. The second-order valence-electron chi connectivity index (χ2n) is 7.37. The van der Waals surface area contributed by atoms with Crippen LogP contribution in [-0.2, 0) is 17.1 Å². The molecule has 3 aromatic rings. The molecule has 1 aliphatic heterocycles. The highest BCUT2D eigenvalue weighted by atomic mass is 32.2. The number of hydrogen-bond donors (Lipinski definition) is 2. The van der Waals surface area contributed by atoms with Gasteiger partial charge in [0.2, 0.25) is 10.0 Å². The Hall–Kier alpha value is -3.11. The molecule has 1 fully saturated rings. The Kier molecular flexibility index (Phi) is 5.59. The number of sulfonamides is 1. The molecule has 8 nitrogen and oxygen atoms in total. The van der Waals surface area contributed by atoms with Gasteiger partial charge in [0.1, 0.15) is 5.75 Å². The van der Waals surface area contributed by atoms with E-state index in [1.807, 2.05) is 59.2 Å². The molecule has 162 valence electrons. The lowest BCUT2D eigenvalue weighted by atomic mass is 9.98. The molecule has 2 N–H and O–H groups in total. The third-order valence-corrected chi connectivity index (χ3v) is 5.96. The highest BCUT2D eigenvalue weighted by molar-refractivity contribution is 7.92. The topological polar surface area (TPSA) is 88.5 Å². The van der Waals surface area contributed by atoms with E-state index in [-0.39, 0.29) is 12.1 Å². The summed E-state index contributed by atoms with van der Waals surface area (Å²) < 4.78 is 33.6. The van der Waals surface area contributed by atoms with Crippen molar-refractivity contribution < 1.29 is 13.2 Å². The number of nitrogens with one attached hydrogen (secondary N) is 2. The van der Waals surface area contributed by atoms with Gasteiger partial charge in [-0.3, -0.25) is 9.71 Å². The molecule has 0 bridgehead atoms. The van der Waals surface area contributed by atoms with Gasteiger partial charge in [-0.15, -0.1) is 0 Å². The third-order valence-electron chi connectivity index (χ3n) is 5.05. The van der Waals surface area contributed by atoms with E-state index in [0.717, 1.165) is 23.2 Å². The zero-order valence-electron chi connectivity index (χ0n) is 17.3. The maximum Gasteiger partial charge on any atom is 0.229 e. The SMILES string of the molecule is COc1ccc(N2C(=S)NC(c3ccccn3)C2c2ccn(C)c2)cc1NS(C)(=O)=O. The van der Waals surface area contributed by atoms with Crippen molar-refractivity contribution >= 4 is 38.7 Å². The normalized spacial score (nSPS) is 18.7. The summed E-state index contributed by atoms with van der Waals surface area (Å²) in [7, 11) is -0.0315. The van der Waals surface area contributed by atoms with Crippen LogP contribution in [0, 0.1) is 0 Å². The van der Waals surface area contributed by atoms with Gasteiger partial charge in [0.25, 0.3) is 0 Å². The van der Waals surface area contributed by atoms with E-state index in [2.05, 4.69) is 15.0 Å². The van der Waals surface area contributed by atoms with Gasteiger partial charge in [-0.1, -0.05) is 6.07 Å². The van der Waals surface area contributed by atoms with Crippen molar-refractivity contribution in [2.45, 2.75) is 12.1 Å². The Morgan fingerprint density at radius 2 is 2.03 bits per heavy atom. The molecule has 4 rings (SSSR count). The molecule has 3 heterocycles. The van der Waals surface area contributed by atoms with Crippen LogP contribution in [0.4, 0.5) is 11.4 Å². The number of hydrogen-bond acceptors (Lipinski definition) is 5. The summed E-state index contributed by atoms with van der Waals surface area (Å²) in [6.07, 6.45) is 6.88. The number of methoxy groups -OCH3 is 1. The van der Waals surface area contributed by atoms with Crippen molar-refractivity contribution in [2.24, 2.45) is 7.05 Å². The fourth-order valence-electron chi connectivity index (χ4n) is 3.80. The van der Waals surface area contributed by atoms with Gasteiger partial charge in [-0.05, 0) is 54.2 Å². The molecule has 0 spiro atoms. The average Bonchev–Trinajstić information content (AvgIpc) is 3.30. The largest absolute Gasteiger partial charge is 0.495 e. The van der Waals surface area contributed by atoms with Gasteiger partial charge in [0.05, 0.1) is 36.8 Å². The van der Waals surface area contributed by atoms with Crippen molar-refractivity contribution in [1.29, 1.82) is 0 Å². The van der Waals surface area contributed by atoms with Gasteiger partial charge in [-0.2, -0.15) is 0 Å². The monoisotopic (exact) mass is 457 g/mol. The predicted octanol–water partition coefficient (Wildman–Crippen LogP) is 2.98. The summed E-state index contributed by atoms with van der Waals surface area (Å²) in [5, 5.41) is 3.92. The number of aromatic nitrogens is 2. The van der Waals surface area contributed by atoms with E-state index in [1.54, 1.807) is 18.3 Å². The van der Waals surface area contributed by atoms with E-state index >= 15 is 0 Å². The van der Waals surface area contributed by atoms with Gasteiger partial charge in [0.15, 0.2) is 5.11 Å². The Labute approximate surface area is 186 Å². The summed E-state index contributed by atoms with van der Waals surface area (Å²) in [6, 6.07) is 12.8. The number of pyridine rings is 1. The van der Waals surface area contributed by atoms with Crippen molar-refractivity contribution in [3.63, 3.8) is 0 Å². The second-order valence-corrected chi connectivity index (χ2v) is 9.50. The lowest BCUT2D eigenvalue weighted by molar-refractivity contribution is 0.417. The van der Waals surface area contributed by atoms with E-state index in [0.29, 0.717) is 16.5 Å². The van der Waals surface area contributed by atoms with Crippen molar-refractivity contribution in [3.05, 3.63) is 72.3 Å². The predicted molar refractivity (Wildman–Crippen MR) is 125 cm³/mol. The molecule has 1 aromatic carbocycles. The summed E-state index contributed by atoms with van der Waals surface area (Å²) in [6.45, 7) is 0. The maximum atomic E-state index is 11.9. The Bertz CT molecular complexity index is 1210. The molecule has 1 saturated heterocycles. The molecular formula is C21H23N5O3S2. The summed E-state index contributed by atoms with van der Waals surface area (Å²) in [5.41, 5.74) is 3.00. The molecule has 0 saturated carbocycles. The number of ether oxygens (including phenoxy) is 1. The molecule has 1 aliphatic rings. The van der Waals surface area contributed by atoms with Crippen molar-refractivity contribution in [1.82, 2.24) is 14.9 Å². The number of thiocarbonyl (C=S) groups is 1. The summed E-state index contributed by atoms with van der Waals surface area (Å²) in [4.78, 5) is 6.52. The molecular weight excluding hydrogens is 434 g/mol. The lowest BCUT2D eigenvalue weighted by Crippen LogP contribution is -2.29. The first-order chi connectivity index (χ1) is 14.8. The minimum atomic E-state index is -3.49. The Morgan fingerprint density at radius 3 is 2.65 bits per heavy atom. The number of nitrogens with zero attached hydrogens (tertiary/aromatic N) is 3. The number of aryl methyl sites for hydroxylation is 1. The smallest absolute Gasteiger partial charge is 0.229 e. The fourth-order valence-corrected chi connectivity index (χ4v) is 4.70. The van der Waals surface area contributed by atoms with Crippen LogP contribution in [-0.4, -0.2) is 36.4 Å². The van der Waals surface area contributed by atoms with Crippen LogP contribution in [0.5, 0.6) is 5.75 Å². The zero-order chi connectivity index (χ0) is 22.2. The number of benzene rings is 1. The van der Waals surface area contributed by atoms with Crippen LogP contribution in [0.25, 0.3) is 0 Å². The Balaban J connectivity index is 1.82. The van der Waals surface area contributed by atoms with Crippen LogP contribution < -0.4 is 19.7 Å². The average molecular weight is 458 g/mol. The van der Waals surface area contributed by atoms with Gasteiger partial charge in [0, 0.05) is 31.3 Å². The maximum absolute atomic E-state index is 11.9. The molecule has 2 unspecified atom stereocenters. The van der Waals surface area contributed by atoms with Crippen LogP contribution in [0.15, 0.2) is 61.1 Å². The minimum Gasteiger partial charge on any atom is -0.495 e. The van der Waals surface area contributed by atoms with Crippen LogP contribution in [0.1, 0.15) is 23.3 Å². The standard InChI is InChI=1S/C21H23N5O3S2/c1-25-11-9-14(13-25)20-19(16-6-4-5-10-22-16)23-21(30)26(20)15-7-8-18(29-2)17(12-15)24-31(3,27)28/h4-13,19-20,24H,1-3H3,(H,23,30). The van der Waals surface area contributed by atoms with Crippen molar-refractivity contribution in [2.75, 3.05) is 23.0 Å². The van der Waals surface area contributed by atoms with Crippen LogP contribution in [0.2, 0.25) is 0 Å². The number of anilines is 2. The van der Waals surface area contributed by atoms with E-state index in [1.165, 1.54) is 7.11 Å². The van der Waals surface area contributed by atoms with Crippen molar-refractivity contribution in [3.8, 4) is 5.75 Å². The summed E-state index contributed by atoms with van der Waals surface area (Å²) >= 11 is 5.71. The van der Waals surface area contributed by atoms with Crippen LogP contribution >= 0.6 is 12.2 Å². The quantitative estimate of drug-likeness (QED) is 0.550. The zero-order valence-corrected chi connectivity index (χ0v) is 18.9. The van der Waals surface area contributed by atoms with Gasteiger partial charge in [-0.25, -0.2) is 8.42 Å². The highest BCUT2D eigenvalue weighted by Gasteiger charge is 2.41. The first kappa shape index (κ1) is 21.1. The second kappa shape index (κ2) is 8.20. The third kappa shape index (κ3) is 4.35. The molecule has 0 aliphatic carbocycles. The molecule has 0 radical (unpaired) electrons. The number of rotatable bonds is 6. The first-order valence-corrected chi connectivity index (χ1v) is 11.8. The molecule has 0 amide bonds. The minimum absolute atomic E-state index is 0.176. The lowest BCUT2D eigenvalue weighted by Gasteiger charge is -2.28. The van der Waals surface area contributed by atoms with E-state index < -0.39 is 10.0 Å². The van der Waals surface area contributed by atoms with Gasteiger partial charge >= 0.3 is 0 Å². The first-order valence-electron chi connectivity index (χ1n) is 9.55. The van der Waals surface area contributed by atoms with Gasteiger partial charge < -0.3 is 19.5 Å². The van der Waals surface area contributed by atoms with E-state index in [9.17, 15) is 8.42 Å². The Morgan fingerprint density at radius 1 is 1.23 bits per heavy atom. The molecule has 10 heteroatoms. The summed E-state index contributed by atoms with van der Waals surface area (Å²) in [5.74, 6) is 0.421. The van der Waals surface area contributed by atoms with Crippen LogP contribution in [0.3, 0.4) is 0 Å². The molecule has 2 aromatic heterocycles. The fraction of sp³-hybridized carbons (Fsp3) is 0.238. The highest BCUT2D eigenvalue weighted by Crippen LogP contribution is 2.43.